The van der Waals surface area contributed by atoms with Gasteiger partial charge in [0, 0.05) is 10.9 Å². The summed E-state index contributed by atoms with van der Waals surface area (Å²) in [5.74, 6) is 1.26. The quantitative estimate of drug-likeness (QED) is 0.707. The van der Waals surface area contributed by atoms with Crippen molar-refractivity contribution < 1.29 is 19.1 Å². The molecule has 1 amide bonds. The third kappa shape index (κ3) is 4.24. The number of carbonyl (C=O) groups is 2. The van der Waals surface area contributed by atoms with E-state index >= 15 is 0 Å². The van der Waals surface area contributed by atoms with E-state index in [1.807, 2.05) is 12.1 Å². The molecule has 0 spiro atoms. The third-order valence-electron chi connectivity index (χ3n) is 6.62. The number of aryl methyl sites for hydroxylation is 2. The van der Waals surface area contributed by atoms with Crippen LogP contribution in [-0.2, 0) is 22.4 Å². The number of fused-ring (bicyclic) bond motifs is 3. The lowest BCUT2D eigenvalue weighted by atomic mass is 9.78. The minimum Gasteiger partial charge on any atom is -0.497 e. The summed E-state index contributed by atoms with van der Waals surface area (Å²) in [6.07, 6.45) is 5.14. The molecule has 2 aromatic rings. The maximum Gasteiger partial charge on any atom is 0.348 e. The molecule has 1 aromatic carbocycles. The molecule has 4 rings (SSSR count). The first-order valence-corrected chi connectivity index (χ1v) is 11.5. The number of benzene rings is 1. The molecule has 0 radical (unpaired) electrons. The van der Waals surface area contributed by atoms with E-state index in [2.05, 4.69) is 31.3 Å². The van der Waals surface area contributed by atoms with Gasteiger partial charge >= 0.3 is 5.97 Å². The Kier molecular flexibility index (Phi) is 6.14. The number of hydrogen-bond acceptors (Lipinski definition) is 5. The standard InChI is InChI=1S/C24H29NO4S/c1-14-5-4-6-20(15(14)2)25-22(26)13-29-24(27)21-12-17-8-7-16-11-18(28-3)9-10-19(16)23(17)30-21/h9-12,14-15,20H,4-8,13H2,1-3H3,(H,25,26)/t14-,15-,20-/m1/s1. The summed E-state index contributed by atoms with van der Waals surface area (Å²) in [7, 11) is 1.67. The average molecular weight is 428 g/mol. The minimum atomic E-state index is -0.426. The fraction of sp³-hybridized carbons (Fsp3) is 0.500. The lowest BCUT2D eigenvalue weighted by Crippen LogP contribution is -2.45. The number of amides is 1. The van der Waals surface area contributed by atoms with Crippen molar-refractivity contribution >= 4 is 23.2 Å². The first kappa shape index (κ1) is 20.9. The van der Waals surface area contributed by atoms with Gasteiger partial charge in [-0.1, -0.05) is 26.7 Å². The molecular formula is C24H29NO4S. The van der Waals surface area contributed by atoms with Gasteiger partial charge in [-0.2, -0.15) is 0 Å². The van der Waals surface area contributed by atoms with E-state index < -0.39 is 5.97 Å². The minimum absolute atomic E-state index is 0.169. The van der Waals surface area contributed by atoms with E-state index in [1.54, 1.807) is 7.11 Å². The van der Waals surface area contributed by atoms with Gasteiger partial charge in [-0.25, -0.2) is 4.79 Å². The van der Waals surface area contributed by atoms with Gasteiger partial charge in [0.1, 0.15) is 10.6 Å². The molecule has 0 saturated heterocycles. The van der Waals surface area contributed by atoms with Crippen LogP contribution in [0, 0.1) is 11.8 Å². The van der Waals surface area contributed by atoms with Gasteiger partial charge < -0.3 is 14.8 Å². The Hall–Kier alpha value is -2.34. The van der Waals surface area contributed by atoms with Crippen molar-refractivity contribution in [1.82, 2.24) is 5.32 Å². The van der Waals surface area contributed by atoms with Crippen molar-refractivity contribution in [2.45, 2.75) is 52.0 Å². The van der Waals surface area contributed by atoms with Gasteiger partial charge in [0.05, 0.1) is 7.11 Å². The van der Waals surface area contributed by atoms with Crippen LogP contribution in [0.1, 0.15) is 53.9 Å². The highest BCUT2D eigenvalue weighted by Crippen LogP contribution is 2.41. The molecule has 30 heavy (non-hydrogen) atoms. The molecule has 5 nitrogen and oxygen atoms in total. The number of thiophene rings is 1. The molecule has 1 N–H and O–H groups in total. The van der Waals surface area contributed by atoms with Crippen molar-refractivity contribution in [3.8, 4) is 16.2 Å². The normalized spacial score (nSPS) is 22.6. The second-order valence-corrected chi connectivity index (χ2v) is 9.56. The average Bonchev–Trinajstić information content (AvgIpc) is 3.19. The largest absolute Gasteiger partial charge is 0.497 e. The monoisotopic (exact) mass is 427 g/mol. The fourth-order valence-corrected chi connectivity index (χ4v) is 5.74. The zero-order valence-corrected chi connectivity index (χ0v) is 18.6. The zero-order valence-electron chi connectivity index (χ0n) is 17.8. The highest BCUT2D eigenvalue weighted by molar-refractivity contribution is 7.17. The summed E-state index contributed by atoms with van der Waals surface area (Å²) < 4.78 is 10.7. The highest BCUT2D eigenvalue weighted by atomic mass is 32.1. The third-order valence-corrected chi connectivity index (χ3v) is 7.81. The Balaban J connectivity index is 1.38. The number of rotatable bonds is 5. The molecule has 0 bridgehead atoms. The van der Waals surface area contributed by atoms with Crippen molar-refractivity contribution in [3.05, 3.63) is 40.3 Å². The molecule has 6 heteroatoms. The van der Waals surface area contributed by atoms with Crippen LogP contribution in [0.2, 0.25) is 0 Å². The van der Waals surface area contributed by atoms with E-state index in [-0.39, 0.29) is 18.6 Å². The molecule has 3 atom stereocenters. The van der Waals surface area contributed by atoms with Crippen LogP contribution in [0.25, 0.3) is 10.4 Å². The second-order valence-electron chi connectivity index (χ2n) is 8.51. The lowest BCUT2D eigenvalue weighted by molar-refractivity contribution is -0.125. The number of methoxy groups -OCH3 is 1. The number of carbonyl (C=O) groups excluding carboxylic acids is 2. The Bertz CT molecular complexity index is 951. The number of ether oxygens (including phenoxy) is 2. The lowest BCUT2D eigenvalue weighted by Gasteiger charge is -2.34. The summed E-state index contributed by atoms with van der Waals surface area (Å²) in [6.45, 7) is 4.19. The Morgan fingerprint density at radius 1 is 1.13 bits per heavy atom. The summed E-state index contributed by atoms with van der Waals surface area (Å²) in [5, 5.41) is 3.05. The van der Waals surface area contributed by atoms with Gasteiger partial charge in [-0.15, -0.1) is 11.3 Å². The zero-order chi connectivity index (χ0) is 21.3. The van der Waals surface area contributed by atoms with Gasteiger partial charge in [0.15, 0.2) is 6.61 Å². The van der Waals surface area contributed by atoms with Gasteiger partial charge in [0.2, 0.25) is 0 Å². The summed E-state index contributed by atoms with van der Waals surface area (Å²) in [4.78, 5) is 26.6. The van der Waals surface area contributed by atoms with E-state index in [4.69, 9.17) is 9.47 Å². The summed E-state index contributed by atoms with van der Waals surface area (Å²) in [6, 6.07) is 8.15. The summed E-state index contributed by atoms with van der Waals surface area (Å²) in [5.41, 5.74) is 3.55. The maximum absolute atomic E-state index is 12.6. The van der Waals surface area contributed by atoms with Gasteiger partial charge in [0.25, 0.3) is 5.91 Å². The molecular weight excluding hydrogens is 398 g/mol. The maximum atomic E-state index is 12.6. The number of hydrogen-bond donors (Lipinski definition) is 1. The van der Waals surface area contributed by atoms with Crippen LogP contribution in [0.4, 0.5) is 0 Å². The Morgan fingerprint density at radius 2 is 1.93 bits per heavy atom. The SMILES string of the molecule is COc1ccc2c(c1)CCc1cc(C(=O)OCC(=O)N[C@@H]3CCC[C@@H](C)[C@H]3C)sc1-2. The predicted octanol–water partition coefficient (Wildman–Crippen LogP) is 4.62. The van der Waals surface area contributed by atoms with Crippen molar-refractivity contribution in [1.29, 1.82) is 0 Å². The topological polar surface area (TPSA) is 64.6 Å². The molecule has 1 aromatic heterocycles. The highest BCUT2D eigenvalue weighted by Gasteiger charge is 2.28. The molecule has 0 aliphatic heterocycles. The van der Waals surface area contributed by atoms with Crippen molar-refractivity contribution in [2.24, 2.45) is 11.8 Å². The molecule has 160 valence electrons. The van der Waals surface area contributed by atoms with Crippen LogP contribution in [0.15, 0.2) is 24.3 Å². The van der Waals surface area contributed by atoms with Crippen LogP contribution < -0.4 is 10.1 Å². The molecule has 1 heterocycles. The van der Waals surface area contributed by atoms with Crippen molar-refractivity contribution in [2.75, 3.05) is 13.7 Å². The van der Waals surface area contributed by atoms with Crippen LogP contribution in [0.5, 0.6) is 5.75 Å². The smallest absolute Gasteiger partial charge is 0.348 e. The molecule has 1 fully saturated rings. The molecule has 2 aliphatic rings. The number of esters is 1. The second kappa shape index (κ2) is 8.80. The Labute approximate surface area is 181 Å². The van der Waals surface area contributed by atoms with Gasteiger partial charge in [-0.3, -0.25) is 4.79 Å². The van der Waals surface area contributed by atoms with E-state index in [9.17, 15) is 9.59 Å². The van der Waals surface area contributed by atoms with Crippen LogP contribution >= 0.6 is 11.3 Å². The fourth-order valence-electron chi connectivity index (χ4n) is 4.57. The first-order chi connectivity index (χ1) is 14.5. The number of nitrogens with one attached hydrogen (secondary N) is 1. The molecule has 2 aliphatic carbocycles. The first-order valence-electron chi connectivity index (χ1n) is 10.7. The van der Waals surface area contributed by atoms with Crippen LogP contribution in [-0.4, -0.2) is 31.6 Å². The molecule has 1 saturated carbocycles. The van der Waals surface area contributed by atoms with E-state index in [1.165, 1.54) is 28.9 Å². The predicted molar refractivity (Wildman–Crippen MR) is 118 cm³/mol. The van der Waals surface area contributed by atoms with E-state index in [0.29, 0.717) is 16.7 Å². The molecule has 0 unspecified atom stereocenters. The van der Waals surface area contributed by atoms with Crippen LogP contribution in [0.3, 0.4) is 0 Å². The van der Waals surface area contributed by atoms with Crippen molar-refractivity contribution in [3.63, 3.8) is 0 Å². The summed E-state index contributed by atoms with van der Waals surface area (Å²) >= 11 is 1.44. The van der Waals surface area contributed by atoms with Gasteiger partial charge in [-0.05, 0) is 72.1 Å². The Morgan fingerprint density at radius 3 is 2.73 bits per heavy atom. The van der Waals surface area contributed by atoms with E-state index in [0.717, 1.165) is 41.9 Å².